The summed E-state index contributed by atoms with van der Waals surface area (Å²) < 4.78 is 0. The Morgan fingerprint density at radius 1 is 0.871 bits per heavy atom. The van der Waals surface area contributed by atoms with Crippen molar-refractivity contribution in [3.8, 4) is 0 Å². The highest BCUT2D eigenvalue weighted by Crippen LogP contribution is 2.36. The minimum atomic E-state index is -0.335. The highest BCUT2D eigenvalue weighted by Gasteiger charge is 2.40. The van der Waals surface area contributed by atoms with Gasteiger partial charge < -0.3 is 5.32 Å². The molecule has 3 aromatic rings. The molecule has 1 aliphatic heterocycles. The van der Waals surface area contributed by atoms with Crippen LogP contribution in [0.3, 0.4) is 0 Å². The Hall–Kier alpha value is -3.18. The van der Waals surface area contributed by atoms with Gasteiger partial charge >= 0.3 is 0 Å². The van der Waals surface area contributed by atoms with Gasteiger partial charge in [-0.15, -0.1) is 11.3 Å². The van der Waals surface area contributed by atoms with Crippen molar-refractivity contribution in [1.29, 1.82) is 0 Å². The fourth-order valence-corrected chi connectivity index (χ4v) is 4.58. The molecule has 0 aliphatic carbocycles. The van der Waals surface area contributed by atoms with E-state index in [1.165, 1.54) is 21.8 Å². The van der Waals surface area contributed by atoms with E-state index in [1.54, 1.807) is 0 Å². The van der Waals surface area contributed by atoms with Crippen LogP contribution in [0.1, 0.15) is 42.3 Å². The Morgan fingerprint density at radius 2 is 1.52 bits per heavy atom. The van der Waals surface area contributed by atoms with E-state index in [0.717, 1.165) is 21.7 Å². The number of nitrogens with one attached hydrogen (secondary N) is 1. The van der Waals surface area contributed by atoms with E-state index in [4.69, 9.17) is 0 Å². The average molecular weight is 431 g/mol. The van der Waals surface area contributed by atoms with Crippen LogP contribution in [0.4, 0.5) is 11.4 Å². The first kappa shape index (κ1) is 21.1. The van der Waals surface area contributed by atoms with E-state index in [9.17, 15) is 9.59 Å². The molecule has 0 atom stereocenters. The van der Waals surface area contributed by atoms with Crippen LogP contribution in [-0.4, -0.2) is 11.8 Å². The van der Waals surface area contributed by atoms with Gasteiger partial charge in [0.1, 0.15) is 5.70 Å². The predicted molar refractivity (Wildman–Crippen MR) is 128 cm³/mol. The van der Waals surface area contributed by atoms with Crippen molar-refractivity contribution in [2.75, 3.05) is 10.2 Å². The van der Waals surface area contributed by atoms with Crippen LogP contribution in [0.2, 0.25) is 0 Å². The van der Waals surface area contributed by atoms with Crippen molar-refractivity contribution in [3.05, 3.63) is 87.2 Å². The molecule has 0 saturated carbocycles. The summed E-state index contributed by atoms with van der Waals surface area (Å²) in [5.74, 6) is -0.635. The van der Waals surface area contributed by atoms with E-state index >= 15 is 0 Å². The van der Waals surface area contributed by atoms with Crippen LogP contribution in [0, 0.1) is 13.8 Å². The molecule has 2 amide bonds. The number of rotatable bonds is 4. The van der Waals surface area contributed by atoms with Gasteiger partial charge in [-0.1, -0.05) is 45.0 Å². The molecule has 0 fully saturated rings. The van der Waals surface area contributed by atoms with Crippen LogP contribution in [-0.2, 0) is 15.0 Å². The maximum atomic E-state index is 13.5. The molecule has 0 radical (unpaired) electrons. The zero-order valence-electron chi connectivity index (χ0n) is 18.4. The number of anilines is 2. The first-order chi connectivity index (χ1) is 14.6. The lowest BCUT2D eigenvalue weighted by molar-refractivity contribution is -0.120. The van der Waals surface area contributed by atoms with E-state index < -0.39 is 0 Å². The summed E-state index contributed by atoms with van der Waals surface area (Å²) in [6.45, 7) is 10.4. The zero-order valence-corrected chi connectivity index (χ0v) is 19.3. The Labute approximate surface area is 187 Å². The first-order valence-electron chi connectivity index (χ1n) is 10.3. The molecule has 1 aliphatic rings. The fourth-order valence-electron chi connectivity index (χ4n) is 3.81. The summed E-state index contributed by atoms with van der Waals surface area (Å²) in [6, 6.07) is 17.5. The van der Waals surface area contributed by atoms with Gasteiger partial charge in [-0.2, -0.15) is 0 Å². The third kappa shape index (κ3) is 4.06. The van der Waals surface area contributed by atoms with E-state index in [-0.39, 0.29) is 17.2 Å². The summed E-state index contributed by atoms with van der Waals surface area (Å²) in [5.41, 5.74) is 5.37. The van der Waals surface area contributed by atoms with Gasteiger partial charge in [0.2, 0.25) is 0 Å². The summed E-state index contributed by atoms with van der Waals surface area (Å²) in [5, 5.41) is 5.15. The van der Waals surface area contributed by atoms with E-state index in [0.29, 0.717) is 17.0 Å². The quantitative estimate of drug-likeness (QED) is 0.512. The van der Waals surface area contributed by atoms with E-state index in [2.05, 4.69) is 38.2 Å². The number of aryl methyl sites for hydroxylation is 2. The van der Waals surface area contributed by atoms with Crippen molar-refractivity contribution >= 4 is 40.1 Å². The third-order valence-corrected chi connectivity index (χ3v) is 6.22. The highest BCUT2D eigenvalue weighted by atomic mass is 32.1. The third-order valence-electron chi connectivity index (χ3n) is 5.34. The number of carbonyl (C=O) groups excluding carboxylic acids is 2. The standard InChI is InChI=1S/C26H26N2O2S/c1-16-13-17(2)15-20(14-16)28-24(29)22(21-7-6-12-31-21)23(25(28)30)27-19-10-8-18(9-11-19)26(3,4)5/h6-15,27H,1-5H3. The summed E-state index contributed by atoms with van der Waals surface area (Å²) in [4.78, 5) is 29.0. The van der Waals surface area contributed by atoms with Crippen LogP contribution in [0.15, 0.2) is 65.7 Å². The number of hydrogen-bond acceptors (Lipinski definition) is 4. The minimum absolute atomic E-state index is 0.0406. The number of amides is 2. The molecule has 1 N–H and O–H groups in total. The lowest BCUT2D eigenvalue weighted by atomic mass is 9.87. The minimum Gasteiger partial charge on any atom is -0.350 e. The van der Waals surface area contributed by atoms with E-state index in [1.807, 2.05) is 61.7 Å². The van der Waals surface area contributed by atoms with Gasteiger partial charge in [0.05, 0.1) is 11.3 Å². The number of hydrogen-bond donors (Lipinski definition) is 1. The van der Waals surface area contributed by atoms with Crippen molar-refractivity contribution in [1.82, 2.24) is 0 Å². The molecule has 31 heavy (non-hydrogen) atoms. The van der Waals surface area contributed by atoms with Crippen LogP contribution in [0.25, 0.3) is 5.57 Å². The lowest BCUT2D eigenvalue weighted by Crippen LogP contribution is -2.32. The smallest absolute Gasteiger partial charge is 0.282 e. The number of nitrogens with zero attached hydrogens (tertiary/aromatic N) is 1. The molecule has 4 nitrogen and oxygen atoms in total. The monoisotopic (exact) mass is 430 g/mol. The molecule has 2 aromatic carbocycles. The van der Waals surface area contributed by atoms with Crippen LogP contribution in [0.5, 0.6) is 0 Å². The van der Waals surface area contributed by atoms with Gasteiger partial charge in [-0.25, -0.2) is 4.90 Å². The SMILES string of the molecule is Cc1cc(C)cc(N2C(=O)C(Nc3ccc(C(C)(C)C)cc3)=C(c3cccs3)C2=O)c1. The maximum Gasteiger partial charge on any atom is 0.282 e. The van der Waals surface area contributed by atoms with Crippen LogP contribution >= 0.6 is 11.3 Å². The molecule has 158 valence electrons. The van der Waals surface area contributed by atoms with Crippen molar-refractivity contribution in [3.63, 3.8) is 0 Å². The molecule has 0 unspecified atom stereocenters. The number of benzene rings is 2. The molecule has 1 aromatic heterocycles. The highest BCUT2D eigenvalue weighted by molar-refractivity contribution is 7.11. The topological polar surface area (TPSA) is 49.4 Å². The molecule has 5 heteroatoms. The number of imide groups is 1. The molecule has 4 rings (SSSR count). The fraction of sp³-hybridized carbons (Fsp3) is 0.231. The van der Waals surface area contributed by atoms with Gasteiger partial charge in [-0.05, 0) is 71.7 Å². The van der Waals surface area contributed by atoms with Crippen LogP contribution < -0.4 is 10.2 Å². The van der Waals surface area contributed by atoms with Gasteiger partial charge in [0, 0.05) is 10.6 Å². The van der Waals surface area contributed by atoms with Crippen molar-refractivity contribution in [2.45, 2.75) is 40.0 Å². The second-order valence-corrected chi connectivity index (χ2v) is 9.92. The zero-order chi connectivity index (χ0) is 22.3. The molecular weight excluding hydrogens is 404 g/mol. The number of thiophene rings is 1. The summed E-state index contributed by atoms with van der Waals surface area (Å²) >= 11 is 1.45. The van der Waals surface area contributed by atoms with Crippen molar-refractivity contribution < 1.29 is 9.59 Å². The van der Waals surface area contributed by atoms with Crippen molar-refractivity contribution in [2.24, 2.45) is 0 Å². The lowest BCUT2D eigenvalue weighted by Gasteiger charge is -2.19. The summed E-state index contributed by atoms with van der Waals surface area (Å²) in [7, 11) is 0. The molecular formula is C26H26N2O2S. The largest absolute Gasteiger partial charge is 0.350 e. The summed E-state index contributed by atoms with van der Waals surface area (Å²) in [6.07, 6.45) is 0. The second kappa shape index (κ2) is 7.82. The second-order valence-electron chi connectivity index (χ2n) is 8.97. The normalized spacial score (nSPS) is 14.5. The molecule has 2 heterocycles. The molecule has 0 saturated heterocycles. The molecule has 0 bridgehead atoms. The molecule has 0 spiro atoms. The Kier molecular flexibility index (Phi) is 5.31. The van der Waals surface area contributed by atoms with Gasteiger partial charge in [-0.3, -0.25) is 9.59 Å². The van der Waals surface area contributed by atoms with Gasteiger partial charge in [0.15, 0.2) is 0 Å². The Morgan fingerprint density at radius 3 is 2.06 bits per heavy atom. The maximum absolute atomic E-state index is 13.5. The Bertz CT molecular complexity index is 1160. The first-order valence-corrected chi connectivity index (χ1v) is 11.2. The average Bonchev–Trinajstić information content (AvgIpc) is 3.28. The van der Waals surface area contributed by atoms with Gasteiger partial charge in [0.25, 0.3) is 11.8 Å². The predicted octanol–water partition coefficient (Wildman–Crippen LogP) is 6.06. The number of carbonyl (C=O) groups is 2. The Balaban J connectivity index is 1.75.